The molecule has 7 heteroatoms. The van der Waals surface area contributed by atoms with E-state index in [1.165, 1.54) is 6.07 Å². The van der Waals surface area contributed by atoms with Crippen LogP contribution in [-0.2, 0) is 4.74 Å². The van der Waals surface area contributed by atoms with Crippen LogP contribution in [0.4, 0.5) is 8.78 Å². The zero-order chi connectivity index (χ0) is 18.9. The van der Waals surface area contributed by atoms with Crippen LogP contribution in [0.5, 0.6) is 5.75 Å². The molecule has 146 valence electrons. The molecule has 0 aromatic heterocycles. The number of hydrogen-bond acceptors (Lipinski definition) is 5. The van der Waals surface area contributed by atoms with Crippen LogP contribution in [0.25, 0.3) is 6.08 Å². The molecule has 0 aliphatic carbocycles. The number of rotatable bonds is 9. The number of aliphatic hydroxyl groups excluding tert-OH is 1. The molecule has 0 saturated carbocycles. The molecule has 2 atom stereocenters. The Labute approximate surface area is 153 Å². The fourth-order valence-corrected chi connectivity index (χ4v) is 2.97. The quantitative estimate of drug-likeness (QED) is 0.699. The van der Waals surface area contributed by atoms with E-state index >= 15 is 0 Å². The molecule has 1 aromatic rings. The van der Waals surface area contributed by atoms with Crippen LogP contribution >= 0.6 is 0 Å². The Morgan fingerprint density at radius 3 is 2.96 bits per heavy atom. The van der Waals surface area contributed by atoms with Crippen molar-refractivity contribution in [2.45, 2.75) is 32.7 Å². The molecule has 0 spiro atoms. The Balaban J connectivity index is 1.77. The maximum Gasteiger partial charge on any atom is 0.387 e. The number of β-amino-alcohol motifs (C(OH)–C–C–N with tert-alkyl or cyclic N) is 1. The number of nitrogens with one attached hydrogen (secondary N) is 1. The second kappa shape index (κ2) is 10.6. The molecule has 1 fully saturated rings. The standard InChI is InChI=1S/C19H28F2N2O3/c1-14(9-16-5-3-4-6-18(16)26-19(20)21)10-22-11-17(24)13-23-7-8-25-15(2)12-23/h3-6,9,15,17,19,22,24H,7-8,10-13H2,1-2H3/b14-9+. The summed E-state index contributed by atoms with van der Waals surface area (Å²) in [7, 11) is 0. The monoisotopic (exact) mass is 370 g/mol. The molecule has 1 aliphatic rings. The summed E-state index contributed by atoms with van der Waals surface area (Å²) < 4.78 is 34.9. The second-order valence-corrected chi connectivity index (χ2v) is 6.63. The van der Waals surface area contributed by atoms with E-state index in [2.05, 4.69) is 15.0 Å². The molecule has 1 saturated heterocycles. The van der Waals surface area contributed by atoms with Crippen molar-refractivity contribution in [1.29, 1.82) is 0 Å². The summed E-state index contributed by atoms with van der Waals surface area (Å²) in [6.45, 7) is 5.07. The third-order valence-electron chi connectivity index (χ3n) is 4.11. The fourth-order valence-electron chi connectivity index (χ4n) is 2.97. The molecular formula is C19H28F2N2O3. The van der Waals surface area contributed by atoms with Crippen molar-refractivity contribution in [2.24, 2.45) is 0 Å². The van der Waals surface area contributed by atoms with Crippen LogP contribution in [0.2, 0.25) is 0 Å². The molecule has 2 rings (SSSR count). The summed E-state index contributed by atoms with van der Waals surface area (Å²) in [4.78, 5) is 2.20. The lowest BCUT2D eigenvalue weighted by Gasteiger charge is -2.32. The highest BCUT2D eigenvalue weighted by atomic mass is 19.3. The smallest absolute Gasteiger partial charge is 0.387 e. The molecule has 0 radical (unpaired) electrons. The Hall–Kier alpha value is -1.54. The van der Waals surface area contributed by atoms with Gasteiger partial charge in [0.1, 0.15) is 5.75 Å². The highest BCUT2D eigenvalue weighted by Gasteiger charge is 2.19. The molecule has 1 aromatic carbocycles. The van der Waals surface area contributed by atoms with Gasteiger partial charge >= 0.3 is 6.61 Å². The number of ether oxygens (including phenoxy) is 2. The molecule has 2 N–H and O–H groups in total. The molecule has 5 nitrogen and oxygen atoms in total. The Morgan fingerprint density at radius 2 is 2.23 bits per heavy atom. The van der Waals surface area contributed by atoms with Crippen molar-refractivity contribution < 1.29 is 23.4 Å². The molecule has 26 heavy (non-hydrogen) atoms. The number of morpholine rings is 1. The number of benzene rings is 1. The number of aliphatic hydroxyl groups is 1. The van der Waals surface area contributed by atoms with Crippen LogP contribution in [-0.4, -0.2) is 68.2 Å². The van der Waals surface area contributed by atoms with Gasteiger partial charge in [0, 0.05) is 38.3 Å². The highest BCUT2D eigenvalue weighted by molar-refractivity contribution is 5.59. The van der Waals surface area contributed by atoms with E-state index in [9.17, 15) is 13.9 Å². The van der Waals surface area contributed by atoms with Crippen molar-refractivity contribution in [1.82, 2.24) is 10.2 Å². The first kappa shape index (κ1) is 20.8. The summed E-state index contributed by atoms with van der Waals surface area (Å²) in [6, 6.07) is 6.69. The number of hydrogen-bond donors (Lipinski definition) is 2. The largest absolute Gasteiger partial charge is 0.434 e. The van der Waals surface area contributed by atoms with Crippen molar-refractivity contribution in [3.8, 4) is 5.75 Å². The van der Waals surface area contributed by atoms with Crippen LogP contribution in [0, 0.1) is 0 Å². The summed E-state index contributed by atoms with van der Waals surface area (Å²) in [5.74, 6) is 0.156. The molecule has 0 bridgehead atoms. The van der Waals surface area contributed by atoms with E-state index in [0.717, 1.165) is 18.7 Å². The average Bonchev–Trinajstić information content (AvgIpc) is 2.56. The highest BCUT2D eigenvalue weighted by Crippen LogP contribution is 2.22. The zero-order valence-electron chi connectivity index (χ0n) is 15.3. The van der Waals surface area contributed by atoms with Crippen LogP contribution < -0.4 is 10.1 Å². The van der Waals surface area contributed by atoms with Gasteiger partial charge in [0.15, 0.2) is 0 Å². The lowest BCUT2D eigenvalue weighted by Crippen LogP contribution is -2.46. The first-order valence-corrected chi connectivity index (χ1v) is 8.87. The third-order valence-corrected chi connectivity index (χ3v) is 4.11. The first-order valence-electron chi connectivity index (χ1n) is 8.87. The zero-order valence-corrected chi connectivity index (χ0v) is 15.3. The SMILES string of the molecule is C/C(=C\c1ccccc1OC(F)F)CNCC(O)CN1CCOC(C)C1. The van der Waals surface area contributed by atoms with E-state index in [0.29, 0.717) is 31.8 Å². The van der Waals surface area contributed by atoms with Gasteiger partial charge < -0.3 is 19.9 Å². The minimum absolute atomic E-state index is 0.156. The fraction of sp³-hybridized carbons (Fsp3) is 0.579. The molecule has 1 aliphatic heterocycles. The van der Waals surface area contributed by atoms with Crippen LogP contribution in [0.3, 0.4) is 0 Å². The van der Waals surface area contributed by atoms with Gasteiger partial charge in [-0.15, -0.1) is 0 Å². The Morgan fingerprint density at radius 1 is 1.46 bits per heavy atom. The number of para-hydroxylation sites is 1. The third kappa shape index (κ3) is 7.37. The molecule has 1 heterocycles. The van der Waals surface area contributed by atoms with E-state index < -0.39 is 12.7 Å². The normalized spacial score (nSPS) is 20.4. The summed E-state index contributed by atoms with van der Waals surface area (Å²) in [5, 5.41) is 13.4. The van der Waals surface area contributed by atoms with E-state index in [4.69, 9.17) is 4.74 Å². The van der Waals surface area contributed by atoms with Crippen LogP contribution in [0.15, 0.2) is 29.8 Å². The van der Waals surface area contributed by atoms with Gasteiger partial charge in [-0.2, -0.15) is 8.78 Å². The van der Waals surface area contributed by atoms with Crippen molar-refractivity contribution in [2.75, 3.05) is 39.3 Å². The number of alkyl halides is 2. The van der Waals surface area contributed by atoms with Gasteiger partial charge in [0.05, 0.1) is 18.8 Å². The summed E-state index contributed by atoms with van der Waals surface area (Å²) in [5.41, 5.74) is 1.57. The predicted molar refractivity (Wildman–Crippen MR) is 97.5 cm³/mol. The van der Waals surface area contributed by atoms with Gasteiger partial charge in [0.2, 0.25) is 0 Å². The number of halogens is 2. The number of nitrogens with zero attached hydrogens (tertiary/aromatic N) is 1. The van der Waals surface area contributed by atoms with Crippen molar-refractivity contribution in [3.05, 3.63) is 35.4 Å². The van der Waals surface area contributed by atoms with Gasteiger partial charge in [-0.25, -0.2) is 0 Å². The maximum atomic E-state index is 12.5. The lowest BCUT2D eigenvalue weighted by molar-refractivity contribution is -0.0500. The lowest BCUT2D eigenvalue weighted by atomic mass is 10.1. The van der Waals surface area contributed by atoms with Gasteiger partial charge in [-0.05, 0) is 19.9 Å². The van der Waals surface area contributed by atoms with Crippen LogP contribution in [0.1, 0.15) is 19.4 Å². The molecule has 0 amide bonds. The van der Waals surface area contributed by atoms with E-state index in [-0.39, 0.29) is 11.9 Å². The average molecular weight is 370 g/mol. The molecule has 2 unspecified atom stereocenters. The van der Waals surface area contributed by atoms with E-state index in [1.807, 2.05) is 13.8 Å². The van der Waals surface area contributed by atoms with E-state index in [1.54, 1.807) is 24.3 Å². The summed E-state index contributed by atoms with van der Waals surface area (Å²) in [6.07, 6.45) is 1.54. The van der Waals surface area contributed by atoms with Gasteiger partial charge in [0.25, 0.3) is 0 Å². The Bertz CT molecular complexity index is 584. The minimum Gasteiger partial charge on any atom is -0.434 e. The topological polar surface area (TPSA) is 54.0 Å². The van der Waals surface area contributed by atoms with Crippen molar-refractivity contribution >= 4 is 6.08 Å². The Kier molecular flexibility index (Phi) is 8.44. The molecular weight excluding hydrogens is 342 g/mol. The summed E-state index contributed by atoms with van der Waals surface area (Å²) >= 11 is 0. The maximum absolute atomic E-state index is 12.5. The first-order chi connectivity index (χ1) is 12.4. The predicted octanol–water partition coefficient (Wildman–Crippen LogP) is 2.36. The van der Waals surface area contributed by atoms with Crippen molar-refractivity contribution in [3.63, 3.8) is 0 Å². The minimum atomic E-state index is -2.85. The van der Waals surface area contributed by atoms with Gasteiger partial charge in [-0.3, -0.25) is 4.90 Å². The second-order valence-electron chi connectivity index (χ2n) is 6.63. The van der Waals surface area contributed by atoms with Gasteiger partial charge in [-0.1, -0.05) is 29.8 Å².